The fourth-order valence-corrected chi connectivity index (χ4v) is 1.75. The van der Waals surface area contributed by atoms with E-state index in [1.807, 2.05) is 6.07 Å². The molecule has 0 unspecified atom stereocenters. The molecular weight excluding hydrogens is 184 g/mol. The van der Waals surface area contributed by atoms with Crippen molar-refractivity contribution in [2.45, 2.75) is 25.7 Å². The Hall–Kier alpha value is -1.57. The molecule has 0 spiro atoms. The highest BCUT2D eigenvalue weighted by Crippen LogP contribution is 2.14. The van der Waals surface area contributed by atoms with Crippen LogP contribution in [0.2, 0.25) is 0 Å². The molecule has 78 valence electrons. The Balaban J connectivity index is 2.11. The molecule has 0 atom stereocenters. The first-order chi connectivity index (χ1) is 7.34. The molecule has 0 fully saturated rings. The second kappa shape index (κ2) is 4.78. The molecular formula is C13H16N2. The first kappa shape index (κ1) is 9.97. The van der Waals surface area contributed by atoms with Crippen LogP contribution in [0, 0.1) is 0 Å². The van der Waals surface area contributed by atoms with Crippen LogP contribution in [0.1, 0.15) is 24.8 Å². The average molecular weight is 200 g/mol. The number of allylic oxidation sites excluding steroid dienone is 2. The van der Waals surface area contributed by atoms with E-state index in [-0.39, 0.29) is 0 Å². The van der Waals surface area contributed by atoms with Crippen molar-refractivity contribution >= 4 is 5.84 Å². The second-order valence-electron chi connectivity index (χ2n) is 3.85. The summed E-state index contributed by atoms with van der Waals surface area (Å²) < 4.78 is 0. The van der Waals surface area contributed by atoms with E-state index in [2.05, 4.69) is 35.3 Å². The molecule has 2 heteroatoms. The molecule has 1 aromatic carbocycles. The molecule has 0 bridgehead atoms. The molecule has 0 aromatic heterocycles. The largest absolute Gasteiger partial charge is 0.387 e. The number of nitrogens with two attached hydrogens (primary N) is 1. The predicted molar refractivity (Wildman–Crippen MR) is 63.7 cm³/mol. The highest BCUT2D eigenvalue weighted by Gasteiger charge is 2.03. The topological polar surface area (TPSA) is 38.4 Å². The molecule has 2 nitrogen and oxygen atoms in total. The zero-order chi connectivity index (χ0) is 10.5. The number of aliphatic imine (C=N–C) groups is 1. The number of hydrogen-bond acceptors (Lipinski definition) is 2. The van der Waals surface area contributed by atoms with Gasteiger partial charge in [-0.25, -0.2) is 4.99 Å². The van der Waals surface area contributed by atoms with E-state index >= 15 is 0 Å². The average Bonchev–Trinajstić information content (AvgIpc) is 2.44. The van der Waals surface area contributed by atoms with Gasteiger partial charge in [0.25, 0.3) is 0 Å². The van der Waals surface area contributed by atoms with Crippen molar-refractivity contribution in [2.24, 2.45) is 10.7 Å². The summed E-state index contributed by atoms with van der Waals surface area (Å²) in [5.41, 5.74) is 8.19. The van der Waals surface area contributed by atoms with Gasteiger partial charge in [0.2, 0.25) is 0 Å². The summed E-state index contributed by atoms with van der Waals surface area (Å²) in [6, 6.07) is 10.4. The van der Waals surface area contributed by atoms with Gasteiger partial charge in [-0.15, -0.1) is 0 Å². The zero-order valence-electron chi connectivity index (χ0n) is 8.82. The van der Waals surface area contributed by atoms with Gasteiger partial charge < -0.3 is 5.73 Å². The Bertz CT molecular complexity index is 377. The van der Waals surface area contributed by atoms with Gasteiger partial charge in [0.1, 0.15) is 0 Å². The van der Waals surface area contributed by atoms with Crippen molar-refractivity contribution in [3.63, 3.8) is 0 Å². The molecule has 0 saturated heterocycles. The van der Waals surface area contributed by atoms with Crippen molar-refractivity contribution in [1.29, 1.82) is 0 Å². The molecule has 1 aliphatic heterocycles. The highest BCUT2D eigenvalue weighted by molar-refractivity contribution is 5.81. The van der Waals surface area contributed by atoms with Crippen molar-refractivity contribution in [3.8, 4) is 0 Å². The van der Waals surface area contributed by atoms with E-state index in [0.717, 1.165) is 37.2 Å². The first-order valence-corrected chi connectivity index (χ1v) is 5.40. The summed E-state index contributed by atoms with van der Waals surface area (Å²) in [5.74, 6) is 0.773. The van der Waals surface area contributed by atoms with Crippen molar-refractivity contribution in [1.82, 2.24) is 0 Å². The first-order valence-electron chi connectivity index (χ1n) is 5.40. The van der Waals surface area contributed by atoms with Crippen LogP contribution in [0.25, 0.3) is 0 Å². The minimum absolute atomic E-state index is 0.773. The summed E-state index contributed by atoms with van der Waals surface area (Å²) in [6.07, 6.45) is 6.23. The van der Waals surface area contributed by atoms with E-state index in [0.29, 0.717) is 0 Å². The van der Waals surface area contributed by atoms with Crippen molar-refractivity contribution in [3.05, 3.63) is 47.7 Å². The SMILES string of the molecule is NC1=NC(Cc2ccccc2)=CCCC1. The van der Waals surface area contributed by atoms with Gasteiger partial charge in [0.15, 0.2) is 0 Å². The monoisotopic (exact) mass is 200 g/mol. The molecule has 0 saturated carbocycles. The minimum Gasteiger partial charge on any atom is -0.387 e. The Labute approximate surface area is 90.5 Å². The van der Waals surface area contributed by atoms with Crippen LogP contribution in [-0.4, -0.2) is 5.84 Å². The summed E-state index contributed by atoms with van der Waals surface area (Å²) in [5, 5.41) is 0. The highest BCUT2D eigenvalue weighted by atomic mass is 14.9. The molecule has 1 heterocycles. The molecule has 2 N–H and O–H groups in total. The van der Waals surface area contributed by atoms with E-state index in [1.165, 1.54) is 5.56 Å². The Morgan fingerprint density at radius 1 is 1.20 bits per heavy atom. The van der Waals surface area contributed by atoms with E-state index in [9.17, 15) is 0 Å². The standard InChI is InChI=1S/C13H16N2/c14-13-9-5-4-8-12(15-13)10-11-6-2-1-3-7-11/h1-3,6-8H,4-5,9-10H2,(H2,14,15). The number of nitrogens with zero attached hydrogens (tertiary/aromatic N) is 1. The third kappa shape index (κ3) is 2.94. The van der Waals surface area contributed by atoms with Gasteiger partial charge in [-0.2, -0.15) is 0 Å². The molecule has 15 heavy (non-hydrogen) atoms. The van der Waals surface area contributed by atoms with Crippen LogP contribution in [0.4, 0.5) is 0 Å². The van der Waals surface area contributed by atoms with Crippen LogP contribution < -0.4 is 5.73 Å². The summed E-state index contributed by atoms with van der Waals surface area (Å²) in [4.78, 5) is 4.43. The fraction of sp³-hybridized carbons (Fsp3) is 0.308. The maximum atomic E-state index is 5.79. The summed E-state index contributed by atoms with van der Waals surface area (Å²) in [7, 11) is 0. The molecule has 0 aliphatic carbocycles. The van der Waals surface area contributed by atoms with Crippen LogP contribution in [0.5, 0.6) is 0 Å². The lowest BCUT2D eigenvalue weighted by Gasteiger charge is -2.02. The Morgan fingerprint density at radius 2 is 2.00 bits per heavy atom. The van der Waals surface area contributed by atoms with Crippen molar-refractivity contribution in [2.75, 3.05) is 0 Å². The zero-order valence-corrected chi connectivity index (χ0v) is 8.82. The number of hydrogen-bond donors (Lipinski definition) is 1. The van der Waals surface area contributed by atoms with Gasteiger partial charge in [0, 0.05) is 18.5 Å². The lowest BCUT2D eigenvalue weighted by atomic mass is 10.1. The fourth-order valence-electron chi connectivity index (χ4n) is 1.75. The van der Waals surface area contributed by atoms with Gasteiger partial charge in [-0.1, -0.05) is 36.4 Å². The molecule has 2 rings (SSSR count). The third-order valence-corrected chi connectivity index (χ3v) is 2.53. The lowest BCUT2D eigenvalue weighted by molar-refractivity contribution is 0.894. The maximum Gasteiger partial charge on any atom is 0.0992 e. The molecule has 1 aliphatic rings. The third-order valence-electron chi connectivity index (χ3n) is 2.53. The van der Waals surface area contributed by atoms with E-state index < -0.39 is 0 Å². The smallest absolute Gasteiger partial charge is 0.0992 e. The second-order valence-corrected chi connectivity index (χ2v) is 3.85. The van der Waals surface area contributed by atoms with Gasteiger partial charge in [0.05, 0.1) is 5.84 Å². The Morgan fingerprint density at radius 3 is 2.80 bits per heavy atom. The van der Waals surface area contributed by atoms with Crippen LogP contribution in [-0.2, 0) is 6.42 Å². The van der Waals surface area contributed by atoms with E-state index in [4.69, 9.17) is 5.73 Å². The normalized spacial score (nSPS) is 16.5. The maximum absolute atomic E-state index is 5.79. The lowest BCUT2D eigenvalue weighted by Crippen LogP contribution is -2.10. The van der Waals surface area contributed by atoms with Gasteiger partial charge >= 0.3 is 0 Å². The van der Waals surface area contributed by atoms with Gasteiger partial charge in [-0.05, 0) is 18.4 Å². The van der Waals surface area contributed by atoms with Crippen LogP contribution in [0.3, 0.4) is 0 Å². The number of rotatable bonds is 2. The summed E-state index contributed by atoms with van der Waals surface area (Å²) >= 11 is 0. The van der Waals surface area contributed by atoms with E-state index in [1.54, 1.807) is 0 Å². The van der Waals surface area contributed by atoms with Crippen LogP contribution >= 0.6 is 0 Å². The quantitative estimate of drug-likeness (QED) is 0.783. The number of benzene rings is 1. The van der Waals surface area contributed by atoms with Gasteiger partial charge in [-0.3, -0.25) is 0 Å². The van der Waals surface area contributed by atoms with Crippen LogP contribution in [0.15, 0.2) is 47.1 Å². The minimum atomic E-state index is 0.773. The van der Waals surface area contributed by atoms with Crippen molar-refractivity contribution < 1.29 is 0 Å². The molecule has 0 amide bonds. The summed E-state index contributed by atoms with van der Waals surface area (Å²) in [6.45, 7) is 0. The molecule has 0 radical (unpaired) electrons. The molecule has 1 aromatic rings. The Kier molecular flexibility index (Phi) is 3.18. The number of amidine groups is 1. The predicted octanol–water partition coefficient (Wildman–Crippen LogP) is 2.65.